The van der Waals surface area contributed by atoms with Crippen molar-refractivity contribution >= 4 is 5.91 Å². The van der Waals surface area contributed by atoms with Gasteiger partial charge in [0.15, 0.2) is 0 Å². The molecule has 0 unspecified atom stereocenters. The third-order valence-corrected chi connectivity index (χ3v) is 5.17. The lowest BCUT2D eigenvalue weighted by molar-refractivity contribution is 0.0952. The summed E-state index contributed by atoms with van der Waals surface area (Å²) in [6.07, 6.45) is 1.98. The summed E-state index contributed by atoms with van der Waals surface area (Å²) >= 11 is 0. The lowest BCUT2D eigenvalue weighted by atomic mass is 9.86. The highest BCUT2D eigenvalue weighted by Crippen LogP contribution is 2.33. The highest BCUT2D eigenvalue weighted by molar-refractivity contribution is 5.96. The number of carbonyl (C=O) groups excluding carboxylic acids is 1. The maximum Gasteiger partial charge on any atom is 0.251 e. The van der Waals surface area contributed by atoms with Crippen molar-refractivity contribution in [2.75, 3.05) is 19.6 Å². The van der Waals surface area contributed by atoms with Gasteiger partial charge < -0.3 is 10.6 Å². The molecule has 0 spiro atoms. The number of hydrogen-bond acceptors (Lipinski definition) is 2. The Kier molecular flexibility index (Phi) is 3.88. The molecule has 3 nitrogen and oxygen atoms in total. The number of aryl methyl sites for hydroxylation is 2. The summed E-state index contributed by atoms with van der Waals surface area (Å²) in [5.74, 6) is 1.08. The Hall–Kier alpha value is -2.13. The number of fused-ring (bicyclic) bond motifs is 3. The minimum atomic E-state index is 0.0935. The third-order valence-electron chi connectivity index (χ3n) is 5.17. The maximum atomic E-state index is 12.4. The lowest BCUT2D eigenvalue weighted by Gasteiger charge is -2.16. The van der Waals surface area contributed by atoms with Gasteiger partial charge in [0.25, 0.3) is 5.91 Å². The minimum Gasteiger partial charge on any atom is -0.352 e. The number of benzene rings is 2. The molecule has 0 aliphatic carbocycles. The van der Waals surface area contributed by atoms with E-state index in [9.17, 15) is 4.79 Å². The number of carbonyl (C=O) groups is 1. The van der Waals surface area contributed by atoms with Gasteiger partial charge >= 0.3 is 0 Å². The normalized spacial score (nSPS) is 22.9. The average Bonchev–Trinajstić information content (AvgIpc) is 3.02. The number of amides is 1. The molecule has 118 valence electrons. The monoisotopic (exact) mass is 306 g/mol. The van der Waals surface area contributed by atoms with Crippen LogP contribution in [-0.2, 0) is 12.8 Å². The van der Waals surface area contributed by atoms with Crippen molar-refractivity contribution in [2.24, 2.45) is 5.92 Å². The predicted octanol–water partition coefficient (Wildman–Crippen LogP) is 2.52. The van der Waals surface area contributed by atoms with E-state index in [1.165, 1.54) is 16.7 Å². The number of rotatable bonds is 3. The van der Waals surface area contributed by atoms with Crippen molar-refractivity contribution in [3.8, 4) is 0 Å². The summed E-state index contributed by atoms with van der Waals surface area (Å²) in [5.41, 5.74) is 4.68. The molecule has 2 aromatic rings. The fourth-order valence-corrected chi connectivity index (χ4v) is 3.84. The zero-order valence-corrected chi connectivity index (χ0v) is 13.2. The van der Waals surface area contributed by atoms with Crippen LogP contribution in [-0.4, -0.2) is 25.5 Å². The van der Waals surface area contributed by atoms with Crippen molar-refractivity contribution in [1.82, 2.24) is 10.6 Å². The molecule has 1 saturated heterocycles. The summed E-state index contributed by atoms with van der Waals surface area (Å²) in [6.45, 7) is 2.76. The van der Waals surface area contributed by atoms with Crippen LogP contribution in [0, 0.1) is 5.92 Å². The molecule has 0 radical (unpaired) electrons. The fourth-order valence-electron chi connectivity index (χ4n) is 3.84. The van der Waals surface area contributed by atoms with E-state index in [4.69, 9.17) is 0 Å². The van der Waals surface area contributed by atoms with Crippen molar-refractivity contribution in [2.45, 2.75) is 18.8 Å². The van der Waals surface area contributed by atoms with Crippen LogP contribution < -0.4 is 10.6 Å². The highest BCUT2D eigenvalue weighted by Gasteiger charge is 2.34. The van der Waals surface area contributed by atoms with Gasteiger partial charge in [-0.05, 0) is 41.5 Å². The zero-order valence-electron chi connectivity index (χ0n) is 13.2. The van der Waals surface area contributed by atoms with Crippen LogP contribution in [0.25, 0.3) is 0 Å². The molecule has 2 atom stereocenters. The van der Waals surface area contributed by atoms with E-state index >= 15 is 0 Å². The van der Waals surface area contributed by atoms with Gasteiger partial charge in [-0.15, -0.1) is 0 Å². The maximum absolute atomic E-state index is 12.4. The molecule has 0 aromatic heterocycles. The second kappa shape index (κ2) is 6.17. The first-order valence-electron chi connectivity index (χ1n) is 8.47. The van der Waals surface area contributed by atoms with Crippen LogP contribution in [0.5, 0.6) is 0 Å². The van der Waals surface area contributed by atoms with Gasteiger partial charge in [-0.3, -0.25) is 4.79 Å². The first-order chi connectivity index (χ1) is 11.3. The van der Waals surface area contributed by atoms with Crippen molar-refractivity contribution < 1.29 is 4.79 Å². The van der Waals surface area contributed by atoms with E-state index in [2.05, 4.69) is 53.1 Å². The third kappa shape index (κ3) is 2.89. The molecular weight excluding hydrogens is 284 g/mol. The predicted molar refractivity (Wildman–Crippen MR) is 91.7 cm³/mol. The molecule has 4 rings (SSSR count). The lowest BCUT2D eigenvalue weighted by Crippen LogP contribution is -2.28. The quantitative estimate of drug-likeness (QED) is 0.915. The van der Waals surface area contributed by atoms with Gasteiger partial charge in [0.2, 0.25) is 0 Å². The Labute approximate surface area is 137 Å². The molecule has 2 aromatic carbocycles. The van der Waals surface area contributed by atoms with Crippen LogP contribution in [0.1, 0.15) is 33.0 Å². The van der Waals surface area contributed by atoms with E-state index in [0.29, 0.717) is 11.8 Å². The molecular formula is C20H22N2O. The number of nitrogens with one attached hydrogen (secondary N) is 2. The second-order valence-electron chi connectivity index (χ2n) is 6.64. The van der Waals surface area contributed by atoms with Crippen LogP contribution in [0.15, 0.2) is 48.5 Å². The van der Waals surface area contributed by atoms with Crippen LogP contribution in [0.2, 0.25) is 0 Å². The average molecular weight is 306 g/mol. The Morgan fingerprint density at radius 1 is 0.913 bits per heavy atom. The van der Waals surface area contributed by atoms with Crippen molar-refractivity contribution in [3.63, 3.8) is 0 Å². The Morgan fingerprint density at radius 3 is 2.61 bits per heavy atom. The van der Waals surface area contributed by atoms with Gasteiger partial charge in [0.1, 0.15) is 0 Å². The second-order valence-corrected chi connectivity index (χ2v) is 6.64. The summed E-state index contributed by atoms with van der Waals surface area (Å²) in [6, 6.07) is 17.0. The SMILES string of the molecule is O=C1NC[C@@H]2CNC[C@H]2c2ccc(CCc3ccccc3)cc21. The molecule has 3 heteroatoms. The summed E-state index contributed by atoms with van der Waals surface area (Å²) in [5, 5.41) is 6.55. The van der Waals surface area contributed by atoms with Gasteiger partial charge in [-0.1, -0.05) is 42.5 Å². The van der Waals surface area contributed by atoms with Gasteiger partial charge in [0, 0.05) is 31.1 Å². The molecule has 0 saturated carbocycles. The molecule has 2 heterocycles. The first-order valence-corrected chi connectivity index (χ1v) is 8.47. The molecule has 2 N–H and O–H groups in total. The molecule has 23 heavy (non-hydrogen) atoms. The Bertz CT molecular complexity index is 711. The topological polar surface area (TPSA) is 41.1 Å². The smallest absolute Gasteiger partial charge is 0.251 e. The Balaban J connectivity index is 1.58. The molecule has 1 fully saturated rings. The Morgan fingerprint density at radius 2 is 1.74 bits per heavy atom. The largest absolute Gasteiger partial charge is 0.352 e. The van der Waals surface area contributed by atoms with Gasteiger partial charge in [-0.2, -0.15) is 0 Å². The molecule has 2 aliphatic heterocycles. The standard InChI is InChI=1S/C20H22N2O/c23-20-18-10-15(7-6-14-4-2-1-3-5-14)8-9-17(18)19-13-21-11-16(19)12-22-20/h1-5,8-10,16,19,21H,6-7,11-13H2,(H,22,23)/t16-,19+/m0/s1. The van der Waals surface area contributed by atoms with Crippen molar-refractivity contribution in [1.29, 1.82) is 0 Å². The van der Waals surface area contributed by atoms with E-state index in [1.54, 1.807) is 0 Å². The zero-order chi connectivity index (χ0) is 15.6. The van der Waals surface area contributed by atoms with E-state index < -0.39 is 0 Å². The minimum absolute atomic E-state index is 0.0935. The van der Waals surface area contributed by atoms with Crippen LogP contribution in [0.3, 0.4) is 0 Å². The van der Waals surface area contributed by atoms with Crippen LogP contribution in [0.4, 0.5) is 0 Å². The summed E-state index contributed by atoms with van der Waals surface area (Å²) in [7, 11) is 0. The van der Waals surface area contributed by atoms with E-state index in [-0.39, 0.29) is 5.91 Å². The van der Waals surface area contributed by atoms with Gasteiger partial charge in [-0.25, -0.2) is 0 Å². The van der Waals surface area contributed by atoms with Gasteiger partial charge in [0.05, 0.1) is 0 Å². The van der Waals surface area contributed by atoms with E-state index in [0.717, 1.165) is 38.0 Å². The molecule has 2 aliphatic rings. The summed E-state index contributed by atoms with van der Waals surface area (Å²) < 4.78 is 0. The molecule has 1 amide bonds. The first kappa shape index (κ1) is 14.5. The summed E-state index contributed by atoms with van der Waals surface area (Å²) in [4.78, 5) is 12.4. The van der Waals surface area contributed by atoms with Crippen molar-refractivity contribution in [3.05, 3.63) is 70.8 Å². The van der Waals surface area contributed by atoms with E-state index in [1.807, 2.05) is 6.07 Å². The number of hydrogen-bond donors (Lipinski definition) is 2. The molecule has 0 bridgehead atoms. The fraction of sp³-hybridized carbons (Fsp3) is 0.350. The van der Waals surface area contributed by atoms with Crippen LogP contribution >= 0.6 is 0 Å². The highest BCUT2D eigenvalue weighted by atomic mass is 16.1.